The van der Waals surface area contributed by atoms with Gasteiger partial charge in [0.15, 0.2) is 0 Å². The lowest BCUT2D eigenvalue weighted by Crippen LogP contribution is -2.20. The van der Waals surface area contributed by atoms with E-state index in [-0.39, 0.29) is 12.0 Å². The van der Waals surface area contributed by atoms with Crippen molar-refractivity contribution in [2.45, 2.75) is 32.5 Å². The molecule has 3 unspecified atom stereocenters. The van der Waals surface area contributed by atoms with Gasteiger partial charge in [0.25, 0.3) is 0 Å². The normalized spacial score (nSPS) is 27.9. The Morgan fingerprint density at radius 3 is 3.00 bits per heavy atom. The number of hydrogen-bond acceptors (Lipinski definition) is 3. The van der Waals surface area contributed by atoms with Gasteiger partial charge < -0.3 is 9.84 Å². The molecule has 1 fully saturated rings. The molecule has 0 amide bonds. The molecular weight excluding hydrogens is 190 g/mol. The minimum Gasteiger partial charge on any atom is -0.388 e. The van der Waals surface area contributed by atoms with Crippen LogP contribution in [0.3, 0.4) is 0 Å². The van der Waals surface area contributed by atoms with Crippen LogP contribution in [0.15, 0.2) is 18.5 Å². The van der Waals surface area contributed by atoms with Crippen LogP contribution in [0, 0.1) is 12.8 Å². The van der Waals surface area contributed by atoms with Gasteiger partial charge in [-0.1, -0.05) is 0 Å². The van der Waals surface area contributed by atoms with Gasteiger partial charge in [-0.15, -0.1) is 0 Å². The highest BCUT2D eigenvalue weighted by Gasteiger charge is 2.32. The predicted octanol–water partition coefficient (Wildman–Crippen LogP) is 1.85. The van der Waals surface area contributed by atoms with Crippen molar-refractivity contribution in [3.05, 3.63) is 29.6 Å². The number of ether oxygens (including phenoxy) is 1. The third-order valence-electron chi connectivity index (χ3n) is 3.24. The summed E-state index contributed by atoms with van der Waals surface area (Å²) in [6, 6.07) is 1.93. The monoisotopic (exact) mass is 207 g/mol. The van der Waals surface area contributed by atoms with E-state index in [2.05, 4.69) is 4.98 Å². The molecule has 3 nitrogen and oxygen atoms in total. The Labute approximate surface area is 90.1 Å². The van der Waals surface area contributed by atoms with Crippen molar-refractivity contribution in [2.24, 2.45) is 5.92 Å². The van der Waals surface area contributed by atoms with E-state index in [4.69, 9.17) is 4.74 Å². The summed E-state index contributed by atoms with van der Waals surface area (Å²) < 4.78 is 5.47. The maximum absolute atomic E-state index is 10.3. The van der Waals surface area contributed by atoms with Crippen molar-refractivity contribution in [3.8, 4) is 0 Å². The smallest absolute Gasteiger partial charge is 0.0861 e. The molecule has 0 aromatic carbocycles. The molecular formula is C12H17NO2. The molecule has 1 aromatic rings. The Hall–Kier alpha value is -0.930. The van der Waals surface area contributed by atoms with E-state index < -0.39 is 6.10 Å². The molecule has 2 rings (SSSR count). The average Bonchev–Trinajstić information content (AvgIpc) is 2.64. The molecule has 82 valence electrons. The van der Waals surface area contributed by atoms with E-state index in [1.54, 1.807) is 12.4 Å². The zero-order valence-corrected chi connectivity index (χ0v) is 9.18. The summed E-state index contributed by atoms with van der Waals surface area (Å²) in [5.41, 5.74) is 2.02. The Kier molecular flexibility index (Phi) is 3.03. The first-order chi connectivity index (χ1) is 7.20. The highest BCUT2D eigenvalue weighted by molar-refractivity contribution is 5.24. The van der Waals surface area contributed by atoms with Gasteiger partial charge in [-0.2, -0.15) is 0 Å². The van der Waals surface area contributed by atoms with E-state index in [9.17, 15) is 5.11 Å². The fraction of sp³-hybridized carbons (Fsp3) is 0.583. The van der Waals surface area contributed by atoms with Gasteiger partial charge in [-0.05, 0) is 31.9 Å². The molecule has 15 heavy (non-hydrogen) atoms. The van der Waals surface area contributed by atoms with E-state index in [1.807, 2.05) is 19.9 Å². The number of aliphatic hydroxyl groups is 1. The maximum atomic E-state index is 10.3. The SMILES string of the molecule is Cc1ccncc1C(O)C1CCOC1C. The standard InChI is InChI=1S/C12H17NO2/c1-8-3-5-13-7-11(8)12(14)10-4-6-15-9(10)2/h3,5,7,9-10,12,14H,4,6H2,1-2H3. The topological polar surface area (TPSA) is 42.4 Å². The summed E-state index contributed by atoms with van der Waals surface area (Å²) >= 11 is 0. The summed E-state index contributed by atoms with van der Waals surface area (Å²) in [4.78, 5) is 4.06. The quantitative estimate of drug-likeness (QED) is 0.804. The third-order valence-corrected chi connectivity index (χ3v) is 3.24. The van der Waals surface area contributed by atoms with Crippen molar-refractivity contribution in [1.82, 2.24) is 4.98 Å². The van der Waals surface area contributed by atoms with Crippen molar-refractivity contribution in [3.63, 3.8) is 0 Å². The van der Waals surface area contributed by atoms with E-state index >= 15 is 0 Å². The molecule has 0 aliphatic carbocycles. The molecule has 0 saturated carbocycles. The van der Waals surface area contributed by atoms with E-state index in [0.717, 1.165) is 24.2 Å². The first-order valence-electron chi connectivity index (χ1n) is 5.40. The summed E-state index contributed by atoms with van der Waals surface area (Å²) in [5.74, 6) is 0.202. The van der Waals surface area contributed by atoms with Crippen molar-refractivity contribution in [2.75, 3.05) is 6.61 Å². The largest absolute Gasteiger partial charge is 0.388 e. The van der Waals surface area contributed by atoms with Crippen LogP contribution in [-0.2, 0) is 4.74 Å². The summed E-state index contributed by atoms with van der Waals surface area (Å²) in [6.45, 7) is 4.77. The summed E-state index contributed by atoms with van der Waals surface area (Å²) in [5, 5.41) is 10.3. The number of hydrogen-bond donors (Lipinski definition) is 1. The zero-order valence-electron chi connectivity index (χ0n) is 9.18. The lowest BCUT2D eigenvalue weighted by molar-refractivity contribution is 0.0427. The molecule has 0 radical (unpaired) electrons. The van der Waals surface area contributed by atoms with E-state index in [1.165, 1.54) is 0 Å². The van der Waals surface area contributed by atoms with Crippen LogP contribution in [-0.4, -0.2) is 22.8 Å². The van der Waals surface area contributed by atoms with Crippen LogP contribution < -0.4 is 0 Å². The highest BCUT2D eigenvalue weighted by atomic mass is 16.5. The van der Waals surface area contributed by atoms with Crippen molar-refractivity contribution < 1.29 is 9.84 Å². The number of aliphatic hydroxyl groups excluding tert-OH is 1. The van der Waals surface area contributed by atoms with Crippen molar-refractivity contribution >= 4 is 0 Å². The second-order valence-corrected chi connectivity index (χ2v) is 4.21. The molecule has 1 aliphatic heterocycles. The fourth-order valence-electron chi connectivity index (χ4n) is 2.18. The molecule has 3 atom stereocenters. The number of aryl methyl sites for hydroxylation is 1. The predicted molar refractivity (Wildman–Crippen MR) is 57.5 cm³/mol. The Balaban J connectivity index is 2.20. The maximum Gasteiger partial charge on any atom is 0.0861 e. The summed E-state index contributed by atoms with van der Waals surface area (Å²) in [7, 11) is 0. The first-order valence-corrected chi connectivity index (χ1v) is 5.40. The molecule has 1 N–H and O–H groups in total. The first kappa shape index (κ1) is 10.6. The summed E-state index contributed by atoms with van der Waals surface area (Å²) in [6.07, 6.45) is 4.12. The lowest BCUT2D eigenvalue weighted by atomic mass is 9.90. The molecule has 3 heteroatoms. The number of aromatic nitrogens is 1. The van der Waals surface area contributed by atoms with Gasteiger partial charge in [0.2, 0.25) is 0 Å². The molecule has 1 aromatic heterocycles. The van der Waals surface area contributed by atoms with Crippen LogP contribution in [0.4, 0.5) is 0 Å². The van der Waals surface area contributed by atoms with Crippen LogP contribution >= 0.6 is 0 Å². The van der Waals surface area contributed by atoms with Gasteiger partial charge in [0.1, 0.15) is 0 Å². The van der Waals surface area contributed by atoms with Gasteiger partial charge >= 0.3 is 0 Å². The van der Waals surface area contributed by atoms with Crippen molar-refractivity contribution in [1.29, 1.82) is 0 Å². The van der Waals surface area contributed by atoms with Crippen LogP contribution in [0.25, 0.3) is 0 Å². The fourth-order valence-corrected chi connectivity index (χ4v) is 2.18. The second-order valence-electron chi connectivity index (χ2n) is 4.21. The molecule has 1 aliphatic rings. The number of pyridine rings is 1. The van der Waals surface area contributed by atoms with Crippen LogP contribution in [0.5, 0.6) is 0 Å². The number of rotatable bonds is 2. The molecule has 2 heterocycles. The third kappa shape index (κ3) is 2.03. The van der Waals surface area contributed by atoms with Gasteiger partial charge in [0.05, 0.1) is 12.2 Å². The van der Waals surface area contributed by atoms with Gasteiger partial charge in [0, 0.05) is 30.5 Å². The van der Waals surface area contributed by atoms with Gasteiger partial charge in [-0.25, -0.2) is 0 Å². The lowest BCUT2D eigenvalue weighted by Gasteiger charge is -2.22. The van der Waals surface area contributed by atoms with Crippen LogP contribution in [0.1, 0.15) is 30.6 Å². The van der Waals surface area contributed by atoms with Crippen LogP contribution in [0.2, 0.25) is 0 Å². The van der Waals surface area contributed by atoms with Gasteiger partial charge in [-0.3, -0.25) is 4.98 Å². The Bertz CT molecular complexity index is 340. The Morgan fingerprint density at radius 1 is 1.60 bits per heavy atom. The average molecular weight is 207 g/mol. The molecule has 0 bridgehead atoms. The molecule has 1 saturated heterocycles. The van der Waals surface area contributed by atoms with E-state index in [0.29, 0.717) is 0 Å². The highest BCUT2D eigenvalue weighted by Crippen LogP contribution is 2.33. The Morgan fingerprint density at radius 2 is 2.40 bits per heavy atom. The minimum atomic E-state index is -0.448. The zero-order chi connectivity index (χ0) is 10.8. The number of nitrogens with zero attached hydrogens (tertiary/aromatic N) is 1. The second kappa shape index (κ2) is 4.29. The minimum absolute atomic E-state index is 0.139. The molecule has 0 spiro atoms.